The lowest BCUT2D eigenvalue weighted by molar-refractivity contribution is 0.0571. The van der Waals surface area contributed by atoms with Crippen LogP contribution in [0.15, 0.2) is 59.0 Å². The third-order valence-electron chi connectivity index (χ3n) is 5.99. The van der Waals surface area contributed by atoms with Gasteiger partial charge in [0.15, 0.2) is 0 Å². The molecule has 1 aliphatic rings. The topological polar surface area (TPSA) is 101 Å². The SMILES string of the molecule is CC(C)(C)OC(=O)N(CCCN1CCCCC1)c1nnc(-c2ccc(NC(=O)c3ccccc3)cc2)o1. The number of carbonyl (C=O) groups excluding carboxylic acids is 2. The number of nitrogens with one attached hydrogen (secondary N) is 1. The molecule has 2 aromatic carbocycles. The van der Waals surface area contributed by atoms with E-state index in [1.54, 1.807) is 36.4 Å². The van der Waals surface area contributed by atoms with Gasteiger partial charge in [-0.3, -0.25) is 4.79 Å². The van der Waals surface area contributed by atoms with E-state index in [1.165, 1.54) is 24.2 Å². The van der Waals surface area contributed by atoms with Crippen LogP contribution in [0.4, 0.5) is 16.5 Å². The van der Waals surface area contributed by atoms with Gasteiger partial charge in [0, 0.05) is 23.4 Å². The van der Waals surface area contributed by atoms with Gasteiger partial charge < -0.3 is 19.4 Å². The second-order valence-electron chi connectivity index (χ2n) is 10.2. The van der Waals surface area contributed by atoms with Gasteiger partial charge in [0.2, 0.25) is 5.89 Å². The molecule has 1 fully saturated rings. The Morgan fingerprint density at radius 2 is 1.70 bits per heavy atom. The maximum atomic E-state index is 13.0. The number of carbonyl (C=O) groups is 2. The van der Waals surface area contributed by atoms with Gasteiger partial charge >= 0.3 is 12.1 Å². The van der Waals surface area contributed by atoms with Gasteiger partial charge in [0.25, 0.3) is 5.91 Å². The maximum absolute atomic E-state index is 13.0. The van der Waals surface area contributed by atoms with Crippen LogP contribution in [-0.4, -0.2) is 58.9 Å². The van der Waals surface area contributed by atoms with E-state index in [4.69, 9.17) is 9.15 Å². The van der Waals surface area contributed by atoms with Crippen LogP contribution in [0.25, 0.3) is 11.5 Å². The number of hydrogen-bond donors (Lipinski definition) is 1. The first kappa shape index (κ1) is 26.3. The highest BCUT2D eigenvalue weighted by atomic mass is 16.6. The van der Waals surface area contributed by atoms with Gasteiger partial charge in [-0.05, 0) is 96.1 Å². The number of amides is 2. The second kappa shape index (κ2) is 12.0. The predicted octanol–water partition coefficient (Wildman–Crippen LogP) is 5.61. The highest BCUT2D eigenvalue weighted by molar-refractivity contribution is 6.04. The number of ether oxygens (including phenoxy) is 1. The van der Waals surface area contributed by atoms with E-state index in [1.807, 2.05) is 39.0 Å². The van der Waals surface area contributed by atoms with E-state index in [9.17, 15) is 9.59 Å². The lowest BCUT2D eigenvalue weighted by Gasteiger charge is -2.28. The Morgan fingerprint density at radius 1 is 1.00 bits per heavy atom. The molecule has 196 valence electrons. The highest BCUT2D eigenvalue weighted by Gasteiger charge is 2.27. The zero-order chi connectivity index (χ0) is 26.3. The lowest BCUT2D eigenvalue weighted by atomic mass is 10.1. The van der Waals surface area contributed by atoms with E-state index < -0.39 is 11.7 Å². The number of piperidine rings is 1. The predicted molar refractivity (Wildman–Crippen MR) is 143 cm³/mol. The number of rotatable bonds is 8. The molecule has 1 aromatic heterocycles. The fourth-order valence-corrected chi connectivity index (χ4v) is 4.15. The Labute approximate surface area is 217 Å². The van der Waals surface area contributed by atoms with Crippen molar-refractivity contribution in [3.05, 3.63) is 60.2 Å². The number of likely N-dealkylation sites (tertiary alicyclic amines) is 1. The Hall–Kier alpha value is -3.72. The molecule has 1 N–H and O–H groups in total. The van der Waals surface area contributed by atoms with E-state index in [-0.39, 0.29) is 17.8 Å². The molecule has 0 bridgehead atoms. The summed E-state index contributed by atoms with van der Waals surface area (Å²) in [5.74, 6) is 0.0894. The van der Waals surface area contributed by atoms with Crippen LogP contribution in [0, 0.1) is 0 Å². The van der Waals surface area contributed by atoms with Gasteiger partial charge in [-0.1, -0.05) is 29.7 Å². The van der Waals surface area contributed by atoms with Crippen molar-refractivity contribution in [3.63, 3.8) is 0 Å². The van der Waals surface area contributed by atoms with Gasteiger partial charge in [0.1, 0.15) is 5.60 Å². The van der Waals surface area contributed by atoms with Gasteiger partial charge in [0.05, 0.1) is 0 Å². The number of nitrogens with zero attached hydrogens (tertiary/aromatic N) is 4. The van der Waals surface area contributed by atoms with Crippen LogP contribution in [0.2, 0.25) is 0 Å². The molecule has 0 radical (unpaired) electrons. The zero-order valence-corrected chi connectivity index (χ0v) is 21.8. The molecule has 3 aromatic rings. The lowest BCUT2D eigenvalue weighted by Crippen LogP contribution is -2.39. The zero-order valence-electron chi connectivity index (χ0n) is 21.8. The average Bonchev–Trinajstić information content (AvgIpc) is 3.37. The van der Waals surface area contributed by atoms with E-state index >= 15 is 0 Å². The monoisotopic (exact) mass is 505 g/mol. The van der Waals surface area contributed by atoms with Gasteiger partial charge in [-0.15, -0.1) is 5.10 Å². The minimum atomic E-state index is -0.648. The van der Waals surface area contributed by atoms with Crippen molar-refractivity contribution < 1.29 is 18.7 Å². The van der Waals surface area contributed by atoms with E-state index in [0.29, 0.717) is 23.4 Å². The fourth-order valence-electron chi connectivity index (χ4n) is 4.15. The molecule has 0 aliphatic carbocycles. The van der Waals surface area contributed by atoms with Gasteiger partial charge in [-0.2, -0.15) is 0 Å². The normalized spacial score (nSPS) is 14.2. The molecular weight excluding hydrogens is 470 g/mol. The van der Waals surface area contributed by atoms with Crippen LogP contribution >= 0.6 is 0 Å². The first-order chi connectivity index (χ1) is 17.8. The quantitative estimate of drug-likeness (QED) is 0.425. The van der Waals surface area contributed by atoms with E-state index in [2.05, 4.69) is 20.4 Å². The van der Waals surface area contributed by atoms with Crippen LogP contribution in [0.5, 0.6) is 0 Å². The van der Waals surface area contributed by atoms with Crippen LogP contribution < -0.4 is 10.2 Å². The summed E-state index contributed by atoms with van der Waals surface area (Å²) in [5.41, 5.74) is 1.25. The van der Waals surface area contributed by atoms with Crippen molar-refractivity contribution in [1.82, 2.24) is 15.1 Å². The van der Waals surface area contributed by atoms with Gasteiger partial charge in [-0.25, -0.2) is 9.69 Å². The van der Waals surface area contributed by atoms with E-state index in [0.717, 1.165) is 26.1 Å². The van der Waals surface area contributed by atoms with Crippen LogP contribution in [-0.2, 0) is 4.74 Å². The van der Waals surface area contributed by atoms with Crippen molar-refractivity contribution in [3.8, 4) is 11.5 Å². The molecule has 0 saturated carbocycles. The summed E-state index contributed by atoms with van der Waals surface area (Å²) in [7, 11) is 0. The summed E-state index contributed by atoms with van der Waals surface area (Å²) < 4.78 is 11.5. The number of aromatic nitrogens is 2. The van der Waals surface area contributed by atoms with Crippen LogP contribution in [0.1, 0.15) is 56.8 Å². The summed E-state index contributed by atoms with van der Waals surface area (Å²) in [6.07, 6.45) is 3.98. The molecule has 0 spiro atoms. The molecule has 0 atom stereocenters. The molecule has 0 unspecified atom stereocenters. The van der Waals surface area contributed by atoms with Crippen molar-refractivity contribution >= 4 is 23.7 Å². The second-order valence-corrected chi connectivity index (χ2v) is 10.2. The summed E-state index contributed by atoms with van der Waals surface area (Å²) in [6.45, 7) is 8.99. The molecular formula is C28H35N5O4. The van der Waals surface area contributed by atoms with Crippen molar-refractivity contribution in [2.75, 3.05) is 36.4 Å². The first-order valence-electron chi connectivity index (χ1n) is 12.8. The number of benzene rings is 2. The Morgan fingerprint density at radius 3 is 2.38 bits per heavy atom. The molecule has 4 rings (SSSR count). The Kier molecular flexibility index (Phi) is 8.55. The Bertz CT molecular complexity index is 1170. The molecule has 2 heterocycles. The summed E-state index contributed by atoms with van der Waals surface area (Å²) in [4.78, 5) is 29.2. The van der Waals surface area contributed by atoms with Crippen molar-refractivity contribution in [1.29, 1.82) is 0 Å². The molecule has 37 heavy (non-hydrogen) atoms. The number of hydrogen-bond acceptors (Lipinski definition) is 7. The maximum Gasteiger partial charge on any atom is 0.418 e. The molecule has 1 saturated heterocycles. The Balaban J connectivity index is 1.43. The highest BCUT2D eigenvalue weighted by Crippen LogP contribution is 2.25. The summed E-state index contributed by atoms with van der Waals surface area (Å²) in [6, 6.07) is 16.2. The average molecular weight is 506 g/mol. The summed E-state index contributed by atoms with van der Waals surface area (Å²) in [5, 5.41) is 11.2. The minimum Gasteiger partial charge on any atom is -0.443 e. The summed E-state index contributed by atoms with van der Waals surface area (Å²) >= 11 is 0. The molecule has 9 nitrogen and oxygen atoms in total. The molecule has 1 aliphatic heterocycles. The third kappa shape index (κ3) is 7.63. The van der Waals surface area contributed by atoms with Crippen molar-refractivity contribution in [2.45, 2.75) is 52.1 Å². The standard InChI is InChI=1S/C28H35N5O4/c1-28(2,3)37-27(35)33(20-10-19-32-17-8-5-9-18-32)26-31-30-25(36-26)22-13-15-23(16-14-22)29-24(34)21-11-6-4-7-12-21/h4,6-7,11-16H,5,8-10,17-20H2,1-3H3,(H,29,34). The molecule has 2 amide bonds. The smallest absolute Gasteiger partial charge is 0.418 e. The fraction of sp³-hybridized carbons (Fsp3) is 0.429. The third-order valence-corrected chi connectivity index (χ3v) is 5.99. The van der Waals surface area contributed by atoms with Crippen molar-refractivity contribution in [2.24, 2.45) is 0 Å². The number of anilines is 2. The largest absolute Gasteiger partial charge is 0.443 e. The van der Waals surface area contributed by atoms with Crippen LogP contribution in [0.3, 0.4) is 0 Å². The minimum absolute atomic E-state index is 0.101. The molecule has 9 heteroatoms. The first-order valence-corrected chi connectivity index (χ1v) is 12.8.